The average Bonchev–Trinajstić information content (AvgIpc) is 2.70. The number of rotatable bonds is 2. The smallest absolute Gasteiger partial charge is 0.267 e. The zero-order valence-corrected chi connectivity index (χ0v) is 11.9. The van der Waals surface area contributed by atoms with Gasteiger partial charge in [0.1, 0.15) is 0 Å². The van der Waals surface area contributed by atoms with Crippen molar-refractivity contribution in [2.45, 2.75) is 20.8 Å². The lowest BCUT2D eigenvalue weighted by Crippen LogP contribution is -2.15. The zero-order valence-electron chi connectivity index (χ0n) is 11.1. The first kappa shape index (κ1) is 13.6. The molecule has 0 saturated heterocycles. The molecule has 0 N–H and O–H groups in total. The monoisotopic (exact) mass is 274 g/mol. The van der Waals surface area contributed by atoms with Gasteiger partial charge < -0.3 is 0 Å². The summed E-state index contributed by atoms with van der Waals surface area (Å²) in [7, 11) is 0. The molecule has 0 spiro atoms. The molecule has 1 aromatic heterocycles. The molecule has 0 aliphatic rings. The summed E-state index contributed by atoms with van der Waals surface area (Å²) >= 11 is 5.83. The second-order valence-corrected chi connectivity index (χ2v) is 4.96. The molecular formula is C15H15ClN2O. The third-order valence-corrected chi connectivity index (χ3v) is 3.04. The van der Waals surface area contributed by atoms with Gasteiger partial charge in [-0.2, -0.15) is 5.10 Å². The van der Waals surface area contributed by atoms with Crippen molar-refractivity contribution in [2.24, 2.45) is 0 Å². The summed E-state index contributed by atoms with van der Waals surface area (Å²) in [5, 5.41) is 4.87. The van der Waals surface area contributed by atoms with Gasteiger partial charge in [-0.1, -0.05) is 23.7 Å². The average molecular weight is 275 g/mol. The lowest BCUT2D eigenvalue weighted by Gasteiger charge is -2.03. The van der Waals surface area contributed by atoms with E-state index >= 15 is 0 Å². The molecule has 0 bridgehead atoms. The van der Waals surface area contributed by atoms with E-state index in [9.17, 15) is 4.79 Å². The van der Waals surface area contributed by atoms with Crippen LogP contribution in [-0.4, -0.2) is 15.7 Å². The second kappa shape index (κ2) is 5.41. The molecule has 0 unspecified atom stereocenters. The molecule has 2 rings (SSSR count). The van der Waals surface area contributed by atoms with Crippen LogP contribution in [0.25, 0.3) is 6.08 Å². The van der Waals surface area contributed by atoms with E-state index in [0.717, 1.165) is 17.0 Å². The van der Waals surface area contributed by atoms with Crippen LogP contribution in [0.3, 0.4) is 0 Å². The van der Waals surface area contributed by atoms with Crippen LogP contribution in [-0.2, 0) is 0 Å². The quantitative estimate of drug-likeness (QED) is 0.779. The minimum Gasteiger partial charge on any atom is -0.267 e. The molecule has 2 aromatic rings. The third kappa shape index (κ3) is 3.12. The van der Waals surface area contributed by atoms with E-state index in [-0.39, 0.29) is 5.91 Å². The Morgan fingerprint density at radius 2 is 1.89 bits per heavy atom. The van der Waals surface area contributed by atoms with Crippen LogP contribution in [0.1, 0.15) is 28.7 Å². The van der Waals surface area contributed by atoms with Crippen molar-refractivity contribution in [3.63, 3.8) is 0 Å². The van der Waals surface area contributed by atoms with E-state index in [1.165, 1.54) is 4.68 Å². The number of aryl methyl sites for hydroxylation is 2. The van der Waals surface area contributed by atoms with Crippen molar-refractivity contribution in [1.29, 1.82) is 0 Å². The Morgan fingerprint density at radius 3 is 2.42 bits per heavy atom. The van der Waals surface area contributed by atoms with Crippen LogP contribution in [0.5, 0.6) is 0 Å². The lowest BCUT2D eigenvalue weighted by atomic mass is 10.1. The number of hydrogen-bond donors (Lipinski definition) is 0. The predicted molar refractivity (Wildman–Crippen MR) is 77.4 cm³/mol. The summed E-state index contributed by atoms with van der Waals surface area (Å²) in [6.45, 7) is 5.52. The van der Waals surface area contributed by atoms with Gasteiger partial charge in [-0.05, 0) is 50.6 Å². The minimum atomic E-state index is -0.111. The summed E-state index contributed by atoms with van der Waals surface area (Å²) in [5.74, 6) is -0.111. The van der Waals surface area contributed by atoms with E-state index in [0.29, 0.717) is 10.6 Å². The zero-order chi connectivity index (χ0) is 14.0. The molecule has 4 heteroatoms. The molecule has 0 saturated carbocycles. The van der Waals surface area contributed by atoms with E-state index in [1.807, 2.05) is 38.1 Å². The Labute approximate surface area is 117 Å². The van der Waals surface area contributed by atoms with Crippen molar-refractivity contribution in [1.82, 2.24) is 9.78 Å². The van der Waals surface area contributed by atoms with Crippen molar-refractivity contribution in [3.05, 3.63) is 57.9 Å². The van der Waals surface area contributed by atoms with Crippen molar-refractivity contribution >= 4 is 23.6 Å². The van der Waals surface area contributed by atoms with Gasteiger partial charge in [0.25, 0.3) is 5.91 Å². The fourth-order valence-electron chi connectivity index (χ4n) is 1.87. The Morgan fingerprint density at radius 1 is 1.26 bits per heavy atom. The number of halogens is 1. The first-order chi connectivity index (χ1) is 8.97. The van der Waals surface area contributed by atoms with Crippen molar-refractivity contribution in [2.75, 3.05) is 0 Å². The summed E-state index contributed by atoms with van der Waals surface area (Å²) in [5.41, 5.74) is 3.25. The van der Waals surface area contributed by atoms with E-state index in [2.05, 4.69) is 5.10 Å². The number of nitrogens with zero attached hydrogens (tertiary/aromatic N) is 2. The maximum Gasteiger partial charge on any atom is 0.274 e. The van der Waals surface area contributed by atoms with E-state index in [4.69, 9.17) is 11.6 Å². The van der Waals surface area contributed by atoms with E-state index < -0.39 is 0 Å². The molecular weight excluding hydrogens is 260 g/mol. The normalized spacial score (nSPS) is 11.7. The molecule has 0 amide bonds. The van der Waals surface area contributed by atoms with Crippen LogP contribution in [0.4, 0.5) is 0 Å². The first-order valence-electron chi connectivity index (χ1n) is 5.99. The summed E-state index contributed by atoms with van der Waals surface area (Å²) < 4.78 is 1.43. The number of carbonyl (C=O) groups excluding carboxylic acids is 1. The number of carbonyl (C=O) groups is 1. The molecule has 0 fully saturated rings. The van der Waals surface area contributed by atoms with Gasteiger partial charge in [0.05, 0.1) is 5.69 Å². The van der Waals surface area contributed by atoms with Gasteiger partial charge in [0, 0.05) is 16.3 Å². The number of benzene rings is 1. The Bertz CT molecular complexity index is 639. The van der Waals surface area contributed by atoms with E-state index in [1.54, 1.807) is 19.1 Å². The van der Waals surface area contributed by atoms with Gasteiger partial charge in [-0.3, -0.25) is 4.79 Å². The molecule has 19 heavy (non-hydrogen) atoms. The SMILES string of the molecule is C/C(=C\c1ccc(Cl)cc1)C(=O)n1nc(C)cc1C. The maximum absolute atomic E-state index is 12.3. The van der Waals surface area contributed by atoms with Gasteiger partial charge >= 0.3 is 0 Å². The molecule has 0 aliphatic carbocycles. The highest BCUT2D eigenvalue weighted by atomic mass is 35.5. The van der Waals surface area contributed by atoms with Crippen molar-refractivity contribution < 1.29 is 4.79 Å². The van der Waals surface area contributed by atoms with Crippen LogP contribution < -0.4 is 0 Å². The lowest BCUT2D eigenvalue weighted by molar-refractivity contribution is 0.0938. The molecule has 98 valence electrons. The van der Waals surface area contributed by atoms with Gasteiger partial charge in [0.2, 0.25) is 0 Å². The molecule has 1 heterocycles. The topological polar surface area (TPSA) is 34.9 Å². The largest absolute Gasteiger partial charge is 0.274 e. The van der Waals surface area contributed by atoms with Crippen LogP contribution in [0, 0.1) is 13.8 Å². The summed E-state index contributed by atoms with van der Waals surface area (Å²) in [6, 6.07) is 9.23. The predicted octanol–water partition coefficient (Wildman–Crippen LogP) is 3.90. The summed E-state index contributed by atoms with van der Waals surface area (Å²) in [6.07, 6.45) is 1.83. The molecule has 0 radical (unpaired) electrons. The highest BCUT2D eigenvalue weighted by Gasteiger charge is 2.11. The fraction of sp³-hybridized carbons (Fsp3) is 0.200. The Kier molecular flexibility index (Phi) is 3.86. The van der Waals surface area contributed by atoms with Gasteiger partial charge in [0.15, 0.2) is 0 Å². The third-order valence-electron chi connectivity index (χ3n) is 2.79. The number of hydrogen-bond acceptors (Lipinski definition) is 2. The highest BCUT2D eigenvalue weighted by molar-refractivity contribution is 6.30. The highest BCUT2D eigenvalue weighted by Crippen LogP contribution is 2.14. The van der Waals surface area contributed by atoms with Crippen LogP contribution in [0.2, 0.25) is 5.02 Å². The minimum absolute atomic E-state index is 0.111. The van der Waals surface area contributed by atoms with Crippen LogP contribution in [0.15, 0.2) is 35.9 Å². The van der Waals surface area contributed by atoms with Gasteiger partial charge in [-0.25, -0.2) is 4.68 Å². The standard InChI is InChI=1S/C15H15ClN2O/c1-10(8-13-4-6-14(16)7-5-13)15(19)18-12(3)9-11(2)17-18/h4-9H,1-3H3/b10-8+. The van der Waals surface area contributed by atoms with Gasteiger partial charge in [-0.15, -0.1) is 0 Å². The molecule has 1 aromatic carbocycles. The molecule has 0 aliphatic heterocycles. The van der Waals surface area contributed by atoms with Crippen molar-refractivity contribution in [3.8, 4) is 0 Å². The Hall–Kier alpha value is -1.87. The van der Waals surface area contributed by atoms with Crippen LogP contribution >= 0.6 is 11.6 Å². The number of aromatic nitrogens is 2. The molecule has 0 atom stereocenters. The fourth-order valence-corrected chi connectivity index (χ4v) is 2.00. The second-order valence-electron chi connectivity index (χ2n) is 4.52. The number of allylic oxidation sites excluding steroid dienone is 1. The Balaban J connectivity index is 2.28. The molecule has 3 nitrogen and oxygen atoms in total. The maximum atomic E-state index is 12.3. The first-order valence-corrected chi connectivity index (χ1v) is 6.37. The summed E-state index contributed by atoms with van der Waals surface area (Å²) in [4.78, 5) is 12.3.